The van der Waals surface area contributed by atoms with E-state index in [1.54, 1.807) is 24.8 Å². The average Bonchev–Trinajstić information content (AvgIpc) is 3.41. The molecule has 0 atom stereocenters. The summed E-state index contributed by atoms with van der Waals surface area (Å²) in [5.74, 6) is 1.31. The molecule has 1 aliphatic carbocycles. The Kier molecular flexibility index (Phi) is 4.97. The van der Waals surface area contributed by atoms with Crippen molar-refractivity contribution in [3.8, 4) is 5.75 Å². The van der Waals surface area contributed by atoms with Crippen molar-refractivity contribution in [2.45, 2.75) is 25.7 Å². The lowest BCUT2D eigenvalue weighted by Gasteiger charge is -2.20. The molecule has 0 bridgehead atoms. The number of aromatic nitrogens is 4. The van der Waals surface area contributed by atoms with E-state index in [4.69, 9.17) is 5.11 Å². The molecule has 1 aliphatic heterocycles. The number of rotatable bonds is 1. The van der Waals surface area contributed by atoms with E-state index < -0.39 is 0 Å². The number of nitrogens with zero attached hydrogens (tertiary/aromatic N) is 4. The molecule has 0 spiro atoms. The number of hydrogen-bond donors (Lipinski definition) is 3. The molecule has 3 N–H and O–H groups in total. The van der Waals surface area contributed by atoms with E-state index in [1.807, 2.05) is 6.07 Å². The highest BCUT2D eigenvalue weighted by Gasteiger charge is 2.19. The first-order valence-electron chi connectivity index (χ1n) is 9.42. The van der Waals surface area contributed by atoms with E-state index in [9.17, 15) is 5.11 Å². The van der Waals surface area contributed by atoms with Crippen molar-refractivity contribution in [3.05, 3.63) is 60.4 Å². The number of benzene rings is 1. The highest BCUT2D eigenvalue weighted by atomic mass is 16.3. The fourth-order valence-electron chi connectivity index (χ4n) is 3.77. The van der Waals surface area contributed by atoms with Crippen molar-refractivity contribution in [2.75, 3.05) is 18.0 Å². The molecule has 0 radical (unpaired) electrons. The number of aliphatic hydroxyl groups excluding tert-OH is 1. The van der Waals surface area contributed by atoms with Crippen molar-refractivity contribution in [1.82, 2.24) is 19.9 Å². The molecule has 1 aromatic carbocycles. The Morgan fingerprint density at radius 1 is 1.11 bits per heavy atom. The highest BCUT2D eigenvalue weighted by molar-refractivity contribution is 5.83. The maximum absolute atomic E-state index is 9.61. The fraction of sp³-hybridized carbons (Fsp3) is 0.286. The van der Waals surface area contributed by atoms with Gasteiger partial charge in [0.15, 0.2) is 11.5 Å². The van der Waals surface area contributed by atoms with E-state index in [0.29, 0.717) is 5.75 Å². The van der Waals surface area contributed by atoms with E-state index in [-0.39, 0.29) is 0 Å². The van der Waals surface area contributed by atoms with Crippen LogP contribution in [-0.4, -0.2) is 43.2 Å². The third-order valence-electron chi connectivity index (χ3n) is 5.27. The molecular formula is C21H23N5O2. The minimum Gasteiger partial charge on any atom is -0.515 e. The number of aromatic hydroxyl groups is 1. The minimum absolute atomic E-state index is 0.320. The lowest BCUT2D eigenvalue weighted by atomic mass is 9.84. The number of imidazole rings is 1. The van der Waals surface area contributed by atoms with Crippen LogP contribution in [0.25, 0.3) is 16.7 Å². The van der Waals surface area contributed by atoms with E-state index in [2.05, 4.69) is 31.4 Å². The van der Waals surface area contributed by atoms with Crippen LogP contribution in [0.5, 0.6) is 5.75 Å². The number of hydrogen-bond acceptors (Lipinski definition) is 6. The van der Waals surface area contributed by atoms with Gasteiger partial charge in [-0.2, -0.15) is 0 Å². The molecule has 3 aromatic rings. The Labute approximate surface area is 163 Å². The van der Waals surface area contributed by atoms with E-state index in [0.717, 1.165) is 71.4 Å². The molecule has 7 nitrogen and oxygen atoms in total. The summed E-state index contributed by atoms with van der Waals surface area (Å²) in [6.07, 6.45) is 8.34. The highest BCUT2D eigenvalue weighted by Crippen LogP contribution is 2.37. The van der Waals surface area contributed by atoms with Gasteiger partial charge in [0.25, 0.3) is 0 Å². The molecule has 0 saturated carbocycles. The van der Waals surface area contributed by atoms with Crippen LogP contribution >= 0.6 is 0 Å². The van der Waals surface area contributed by atoms with Crippen LogP contribution < -0.4 is 4.90 Å². The van der Waals surface area contributed by atoms with Crippen molar-refractivity contribution < 1.29 is 10.2 Å². The Balaban J connectivity index is 0.000000137. The quantitative estimate of drug-likeness (QED) is 0.559. The predicted octanol–water partition coefficient (Wildman–Crippen LogP) is 3.75. The molecule has 0 unspecified atom stereocenters. The average molecular weight is 377 g/mol. The van der Waals surface area contributed by atoms with E-state index >= 15 is 0 Å². The molecule has 2 aromatic heterocycles. The second-order valence-electron chi connectivity index (χ2n) is 6.93. The zero-order chi connectivity index (χ0) is 19.5. The summed E-state index contributed by atoms with van der Waals surface area (Å²) >= 11 is 0. The number of phenols is 1. The van der Waals surface area contributed by atoms with Crippen LogP contribution in [0.4, 0.5) is 5.82 Å². The van der Waals surface area contributed by atoms with Crippen LogP contribution in [0.3, 0.4) is 0 Å². The number of anilines is 1. The van der Waals surface area contributed by atoms with Crippen LogP contribution in [0.15, 0.2) is 49.3 Å². The Morgan fingerprint density at radius 2 is 1.93 bits per heavy atom. The van der Waals surface area contributed by atoms with Gasteiger partial charge in [-0.1, -0.05) is 18.7 Å². The molecule has 144 valence electrons. The molecule has 5 rings (SSSR count). The monoisotopic (exact) mass is 377 g/mol. The normalized spacial score (nSPS) is 17.5. The van der Waals surface area contributed by atoms with Crippen LogP contribution in [0.1, 0.15) is 30.4 Å². The van der Waals surface area contributed by atoms with Crippen LogP contribution in [0.2, 0.25) is 0 Å². The number of H-pyrrole nitrogens is 1. The van der Waals surface area contributed by atoms with Crippen molar-refractivity contribution >= 4 is 22.6 Å². The lowest BCUT2D eigenvalue weighted by Crippen LogP contribution is -2.19. The molecule has 28 heavy (non-hydrogen) atoms. The summed E-state index contributed by atoms with van der Waals surface area (Å²) in [6, 6.07) is 5.39. The molecule has 1 fully saturated rings. The van der Waals surface area contributed by atoms with Crippen LogP contribution in [0, 0.1) is 0 Å². The van der Waals surface area contributed by atoms with Gasteiger partial charge in [0, 0.05) is 18.7 Å². The zero-order valence-corrected chi connectivity index (χ0v) is 15.6. The second kappa shape index (κ2) is 7.72. The lowest BCUT2D eigenvalue weighted by molar-refractivity contribution is 0.460. The molecular weight excluding hydrogens is 354 g/mol. The summed E-state index contributed by atoms with van der Waals surface area (Å²) in [6.45, 7) is 6.09. The van der Waals surface area contributed by atoms with Crippen molar-refractivity contribution in [3.63, 3.8) is 0 Å². The van der Waals surface area contributed by atoms with Gasteiger partial charge in [-0.15, -0.1) is 0 Å². The predicted molar refractivity (Wildman–Crippen MR) is 109 cm³/mol. The summed E-state index contributed by atoms with van der Waals surface area (Å²) in [5, 5.41) is 18.6. The summed E-state index contributed by atoms with van der Waals surface area (Å²) in [7, 11) is 0. The molecule has 1 saturated heterocycles. The summed E-state index contributed by atoms with van der Waals surface area (Å²) < 4.78 is 0. The first kappa shape index (κ1) is 18.0. The Bertz CT molecular complexity index is 1030. The standard InChI is InChI=1S/C12H12O2.C9H11N5/c1-8-9(7-13)5-6-11-10(8)3-2-4-12(11)14;1-2-4-14(3-1)9-7-8(11-5-10-7)12-6-13-9/h2-4,7,13-14H,1,5-6H2;5-6H,1-4H2,(H,10,11,12,13)/b9-7-;. The number of nitrogens with one attached hydrogen (secondary N) is 1. The largest absolute Gasteiger partial charge is 0.515 e. The first-order chi connectivity index (χ1) is 13.7. The van der Waals surface area contributed by atoms with Gasteiger partial charge in [-0.05, 0) is 48.5 Å². The SMILES string of the molecule is C=C1/C(=C\O)CCc2c(O)cccc21.c1nc(N2CCCC2)c2[nH]cnc2n1. The van der Waals surface area contributed by atoms with Crippen molar-refractivity contribution in [1.29, 1.82) is 0 Å². The molecule has 3 heterocycles. The van der Waals surface area contributed by atoms with Crippen molar-refractivity contribution in [2.24, 2.45) is 0 Å². The molecule has 7 heteroatoms. The fourth-order valence-corrected chi connectivity index (χ4v) is 3.77. The van der Waals surface area contributed by atoms with Crippen LogP contribution in [-0.2, 0) is 6.42 Å². The summed E-state index contributed by atoms with van der Waals surface area (Å²) in [4.78, 5) is 17.9. The number of allylic oxidation sites excluding steroid dienone is 2. The van der Waals surface area contributed by atoms with Gasteiger partial charge in [0.1, 0.15) is 17.6 Å². The first-order valence-corrected chi connectivity index (χ1v) is 9.42. The van der Waals surface area contributed by atoms with Gasteiger partial charge in [-0.3, -0.25) is 0 Å². The maximum atomic E-state index is 9.61. The molecule has 0 amide bonds. The smallest absolute Gasteiger partial charge is 0.182 e. The second-order valence-corrected chi connectivity index (χ2v) is 6.93. The Morgan fingerprint density at radius 3 is 2.71 bits per heavy atom. The number of aromatic amines is 1. The number of aliphatic hydroxyl groups is 1. The van der Waals surface area contributed by atoms with Gasteiger partial charge >= 0.3 is 0 Å². The maximum Gasteiger partial charge on any atom is 0.182 e. The van der Waals surface area contributed by atoms with Gasteiger partial charge < -0.3 is 20.1 Å². The third-order valence-corrected chi connectivity index (χ3v) is 5.27. The van der Waals surface area contributed by atoms with Gasteiger partial charge in [-0.25, -0.2) is 15.0 Å². The van der Waals surface area contributed by atoms with E-state index in [1.165, 1.54) is 12.8 Å². The summed E-state index contributed by atoms with van der Waals surface area (Å²) in [5.41, 5.74) is 5.24. The Hall–Kier alpha value is -3.35. The zero-order valence-electron chi connectivity index (χ0n) is 15.6. The minimum atomic E-state index is 0.320. The number of fused-ring (bicyclic) bond motifs is 2. The van der Waals surface area contributed by atoms with Gasteiger partial charge in [0.2, 0.25) is 0 Å². The molecule has 2 aliphatic rings. The van der Waals surface area contributed by atoms with Gasteiger partial charge in [0.05, 0.1) is 12.6 Å². The topological polar surface area (TPSA) is 98.2 Å². The third kappa shape index (κ3) is 3.31. The number of phenolic OH excluding ortho intramolecular Hbond substituents is 1.